The molecule has 0 unspecified atom stereocenters. The van der Waals surface area contributed by atoms with Crippen molar-refractivity contribution >= 4 is 32.7 Å². The molecule has 2 aromatic heterocycles. The number of hydrogen-bond donors (Lipinski definition) is 0. The van der Waals surface area contributed by atoms with Crippen molar-refractivity contribution in [1.29, 1.82) is 0 Å². The second kappa shape index (κ2) is 11.2. The molecule has 2 heterocycles. The monoisotopic (exact) mass is 628 g/mol. The number of benzene rings is 7. The number of aromatic nitrogens is 3. The molecule has 0 aliphatic heterocycles. The minimum atomic E-state index is -1.04. The van der Waals surface area contributed by atoms with Gasteiger partial charge in [0.15, 0.2) is 17.5 Å². The summed E-state index contributed by atoms with van der Waals surface area (Å²) in [6.07, 6.45) is 0. The van der Waals surface area contributed by atoms with Crippen molar-refractivity contribution in [3.63, 3.8) is 0 Å². The van der Waals surface area contributed by atoms with E-state index < -0.39 is 252 Å². The summed E-state index contributed by atoms with van der Waals surface area (Å²) in [5.74, 6) is -2.72. The van der Waals surface area contributed by atoms with E-state index in [4.69, 9.17) is 35.9 Å². The van der Waals surface area contributed by atoms with Crippen molar-refractivity contribution in [2.75, 3.05) is 0 Å². The lowest BCUT2D eigenvalue weighted by Crippen LogP contribution is -2.00. The highest BCUT2D eigenvalue weighted by molar-refractivity contribution is 6.12. The summed E-state index contributed by atoms with van der Waals surface area (Å²) in [7, 11) is 0. The molecule has 0 radical (unpaired) electrons. The molecule has 9 rings (SSSR count). The fourth-order valence-electron chi connectivity index (χ4n) is 4.77. The molecule has 0 atom stereocenters. The maximum Gasteiger partial charge on any atom is 0.164 e. The Morgan fingerprint density at radius 2 is 1.00 bits per heavy atom. The molecule has 0 bridgehead atoms. The first-order chi connectivity index (χ1) is 34.5. The van der Waals surface area contributed by atoms with E-state index in [2.05, 4.69) is 15.0 Å². The van der Waals surface area contributed by atoms with E-state index in [1.165, 1.54) is 0 Å². The standard InChI is InChI=1S/C43H27N3O/c1-3-12-28(13-4-1)30-24-25-34-31(26-30)17-10-21-36(34)43-45-41(29-14-5-2-6-15-29)44-42(46-43)33-18-9-16-32(27-33)35-20-11-23-39-40(35)37-19-7-8-22-38(37)47-39/h1-27H/i1D,2D,3D,4D,5D,6D,7D,8D,9D,10D,11D,12D,13D,14D,15D,16D,17D,18D,19D,20D,21D,22D,23D,24D,25D,26D,27D. The van der Waals surface area contributed by atoms with Gasteiger partial charge in [-0.3, -0.25) is 0 Å². The van der Waals surface area contributed by atoms with Crippen LogP contribution in [0.4, 0.5) is 0 Å². The molecule has 0 fully saturated rings. The molecule has 7 aromatic carbocycles. The van der Waals surface area contributed by atoms with Crippen molar-refractivity contribution in [3.05, 3.63) is 163 Å². The average Bonchev–Trinajstić information content (AvgIpc) is 3.77. The van der Waals surface area contributed by atoms with Gasteiger partial charge < -0.3 is 4.42 Å². The second-order valence-corrected chi connectivity index (χ2v) is 9.57. The van der Waals surface area contributed by atoms with E-state index in [1.807, 2.05) is 0 Å². The van der Waals surface area contributed by atoms with E-state index in [-0.39, 0.29) is 0 Å². The molecule has 47 heavy (non-hydrogen) atoms. The van der Waals surface area contributed by atoms with Crippen molar-refractivity contribution in [2.24, 2.45) is 0 Å². The lowest BCUT2D eigenvalue weighted by atomic mass is 9.97. The minimum absolute atomic E-state index is 0.446. The van der Waals surface area contributed by atoms with Crippen LogP contribution >= 0.6 is 0 Å². The van der Waals surface area contributed by atoms with Crippen LogP contribution in [-0.2, 0) is 0 Å². The van der Waals surface area contributed by atoms with Gasteiger partial charge in [0.25, 0.3) is 0 Å². The van der Waals surface area contributed by atoms with Crippen LogP contribution in [0.3, 0.4) is 0 Å². The maximum atomic E-state index is 9.67. The number of para-hydroxylation sites is 1. The molecule has 220 valence electrons. The van der Waals surface area contributed by atoms with E-state index >= 15 is 0 Å². The summed E-state index contributed by atoms with van der Waals surface area (Å²) in [5.41, 5.74) is -6.44. The van der Waals surface area contributed by atoms with Gasteiger partial charge in [-0.1, -0.05) is 139 Å². The summed E-state index contributed by atoms with van der Waals surface area (Å²) in [6, 6.07) is -24.5. The average molecular weight is 629 g/mol. The molecule has 4 nitrogen and oxygen atoms in total. The first kappa shape index (κ1) is 11.1. The van der Waals surface area contributed by atoms with E-state index in [1.54, 1.807) is 0 Å². The molecular weight excluding hydrogens is 574 g/mol. The Morgan fingerprint density at radius 1 is 0.383 bits per heavy atom. The summed E-state index contributed by atoms with van der Waals surface area (Å²) < 4.78 is 242. The molecule has 0 N–H and O–H groups in total. The summed E-state index contributed by atoms with van der Waals surface area (Å²) in [5, 5.41) is -2.33. The number of rotatable bonds is 5. The van der Waals surface area contributed by atoms with Crippen molar-refractivity contribution in [3.8, 4) is 56.4 Å². The van der Waals surface area contributed by atoms with Gasteiger partial charge in [-0.2, -0.15) is 0 Å². The molecule has 0 aliphatic carbocycles. The highest BCUT2D eigenvalue weighted by atomic mass is 16.3. The van der Waals surface area contributed by atoms with Crippen LogP contribution in [0.25, 0.3) is 89.1 Å². The Balaban J connectivity index is 1.47. The largest absolute Gasteiger partial charge is 0.456 e. The smallest absolute Gasteiger partial charge is 0.164 e. The Bertz CT molecular complexity index is 4060. The second-order valence-electron chi connectivity index (χ2n) is 9.57. The minimum Gasteiger partial charge on any atom is -0.456 e. The third kappa shape index (κ3) is 4.84. The molecule has 9 aromatic rings. The zero-order valence-electron chi connectivity index (χ0n) is 50.2. The van der Waals surface area contributed by atoms with Gasteiger partial charge in [0.2, 0.25) is 0 Å². The van der Waals surface area contributed by atoms with Gasteiger partial charge in [0, 0.05) is 27.5 Å². The predicted molar refractivity (Wildman–Crippen MR) is 192 cm³/mol. The first-order valence-electron chi connectivity index (χ1n) is 27.0. The number of furan rings is 1. The third-order valence-electron chi connectivity index (χ3n) is 6.82. The number of nitrogens with zero attached hydrogens (tertiary/aromatic N) is 3. The lowest BCUT2D eigenvalue weighted by Gasteiger charge is -2.12. The fourth-order valence-corrected chi connectivity index (χ4v) is 4.77. The van der Waals surface area contributed by atoms with E-state index in [9.17, 15) is 5.48 Å². The first-order valence-corrected chi connectivity index (χ1v) is 13.5. The SMILES string of the molecule is [2H]c1c([2H])c([2H])c(-c2nc(-c3c([2H])c([2H])c([2H])c(-c4c([2H])c([2H])c([2H])c5oc6c([2H])c([2H])c([2H])c([2H])c6c45)c3[2H])nc(-c3c([2H])c([2H])c([2H])c4c([2H])c(-c5c([2H])c([2H])c([2H])c([2H])c5[2H])c([2H])c([2H])c34)n2)c([2H])c1[2H]. The summed E-state index contributed by atoms with van der Waals surface area (Å²) >= 11 is 0. The van der Waals surface area contributed by atoms with Crippen molar-refractivity contribution < 1.29 is 41.4 Å². The maximum absolute atomic E-state index is 9.67. The lowest BCUT2D eigenvalue weighted by molar-refractivity contribution is 0.669. The van der Waals surface area contributed by atoms with Crippen LogP contribution in [0.5, 0.6) is 0 Å². The molecule has 0 spiro atoms. The molecule has 0 aliphatic rings. The van der Waals surface area contributed by atoms with Crippen LogP contribution < -0.4 is 0 Å². The molecular formula is C43H27N3O. The molecule has 0 saturated heterocycles. The van der Waals surface area contributed by atoms with E-state index in [0.717, 1.165) is 0 Å². The molecule has 0 amide bonds. The van der Waals surface area contributed by atoms with Gasteiger partial charge >= 0.3 is 0 Å². The Kier molecular flexibility index (Phi) is 2.66. The molecule has 0 saturated carbocycles. The van der Waals surface area contributed by atoms with Crippen LogP contribution in [0.15, 0.2) is 168 Å². The van der Waals surface area contributed by atoms with Gasteiger partial charge in [-0.05, 0) is 57.2 Å². The van der Waals surface area contributed by atoms with Crippen LogP contribution in [0, 0.1) is 0 Å². The van der Waals surface area contributed by atoms with E-state index in [0.29, 0.717) is 0 Å². The Morgan fingerprint density at radius 3 is 1.85 bits per heavy atom. The predicted octanol–water partition coefficient (Wildman–Crippen LogP) is 11.3. The van der Waals surface area contributed by atoms with Crippen LogP contribution in [0.2, 0.25) is 0 Å². The van der Waals surface area contributed by atoms with Gasteiger partial charge in [-0.25, -0.2) is 15.0 Å². The topological polar surface area (TPSA) is 51.8 Å². The Labute approximate surface area is 309 Å². The summed E-state index contributed by atoms with van der Waals surface area (Å²) in [4.78, 5) is 13.0. The quantitative estimate of drug-likeness (QED) is 0.190. The zero-order valence-corrected chi connectivity index (χ0v) is 23.2. The number of hydrogen-bond acceptors (Lipinski definition) is 4. The third-order valence-corrected chi connectivity index (χ3v) is 6.82. The van der Waals surface area contributed by atoms with Gasteiger partial charge in [0.1, 0.15) is 11.2 Å². The normalized spacial score (nSPS) is 19.4. The molecule has 4 heteroatoms. The zero-order chi connectivity index (χ0) is 54.7. The van der Waals surface area contributed by atoms with Crippen LogP contribution in [0.1, 0.15) is 37.0 Å². The number of fused-ring (bicyclic) bond motifs is 4. The highest BCUT2D eigenvalue weighted by Gasteiger charge is 2.17. The van der Waals surface area contributed by atoms with Gasteiger partial charge in [0.05, 0.1) is 37.0 Å². The van der Waals surface area contributed by atoms with Gasteiger partial charge in [-0.15, -0.1) is 0 Å². The highest BCUT2D eigenvalue weighted by Crippen LogP contribution is 2.38. The Hall–Kier alpha value is -6.39. The van der Waals surface area contributed by atoms with Crippen LogP contribution in [-0.4, -0.2) is 15.0 Å². The fraction of sp³-hybridized carbons (Fsp3) is 0. The summed E-state index contributed by atoms with van der Waals surface area (Å²) in [6.45, 7) is 0. The van der Waals surface area contributed by atoms with Crippen molar-refractivity contribution in [1.82, 2.24) is 15.0 Å². The van der Waals surface area contributed by atoms with Crippen molar-refractivity contribution in [2.45, 2.75) is 0 Å².